The molecule has 2 aromatic carbocycles. The highest BCUT2D eigenvalue weighted by molar-refractivity contribution is 6.03. The number of para-hydroxylation sites is 1. The smallest absolute Gasteiger partial charge is 0.255 e. The van der Waals surface area contributed by atoms with Crippen molar-refractivity contribution in [2.45, 2.75) is 6.17 Å². The lowest BCUT2D eigenvalue weighted by Crippen LogP contribution is -2.45. The summed E-state index contributed by atoms with van der Waals surface area (Å²) in [4.78, 5) is 12.0. The standard InChI is InChI=1S/C16H14N2O/c1-11(12-7-3-2-4-8-12)15-17-14-10-6-5-9-13(14)16(19)18-15/h2-10,15,17H,1H2,(H,18,19). The summed E-state index contributed by atoms with van der Waals surface area (Å²) in [5.74, 6) is -0.0727. The van der Waals surface area contributed by atoms with Gasteiger partial charge in [-0.1, -0.05) is 49.0 Å². The monoisotopic (exact) mass is 250 g/mol. The molecule has 0 radical (unpaired) electrons. The van der Waals surface area contributed by atoms with Gasteiger partial charge in [-0.25, -0.2) is 0 Å². The van der Waals surface area contributed by atoms with Gasteiger partial charge < -0.3 is 10.6 Å². The predicted octanol–water partition coefficient (Wildman–Crippen LogP) is 2.88. The van der Waals surface area contributed by atoms with E-state index in [-0.39, 0.29) is 12.1 Å². The van der Waals surface area contributed by atoms with Crippen molar-refractivity contribution < 1.29 is 4.79 Å². The van der Waals surface area contributed by atoms with Crippen LogP contribution < -0.4 is 10.6 Å². The van der Waals surface area contributed by atoms with Gasteiger partial charge in [-0.15, -0.1) is 0 Å². The van der Waals surface area contributed by atoms with Gasteiger partial charge in [0.2, 0.25) is 0 Å². The molecular weight excluding hydrogens is 236 g/mol. The van der Waals surface area contributed by atoms with Crippen molar-refractivity contribution in [3.8, 4) is 0 Å². The number of hydrogen-bond donors (Lipinski definition) is 2. The number of nitrogens with one attached hydrogen (secondary N) is 2. The van der Waals surface area contributed by atoms with Crippen LogP contribution in [0.4, 0.5) is 5.69 Å². The summed E-state index contributed by atoms with van der Waals surface area (Å²) in [5.41, 5.74) is 3.37. The fourth-order valence-electron chi connectivity index (χ4n) is 2.20. The van der Waals surface area contributed by atoms with Crippen molar-refractivity contribution in [1.29, 1.82) is 0 Å². The molecule has 19 heavy (non-hydrogen) atoms. The molecule has 0 aromatic heterocycles. The summed E-state index contributed by atoms with van der Waals surface area (Å²) in [7, 11) is 0. The van der Waals surface area contributed by atoms with Crippen LogP contribution in [0.2, 0.25) is 0 Å². The predicted molar refractivity (Wildman–Crippen MR) is 76.8 cm³/mol. The first-order valence-electron chi connectivity index (χ1n) is 6.16. The van der Waals surface area contributed by atoms with Gasteiger partial charge in [0.1, 0.15) is 6.17 Å². The van der Waals surface area contributed by atoms with E-state index in [9.17, 15) is 4.79 Å². The Morgan fingerprint density at radius 2 is 1.63 bits per heavy atom. The molecule has 0 spiro atoms. The SMILES string of the molecule is C=C(c1ccccc1)C1NC(=O)c2ccccc2N1. The van der Waals surface area contributed by atoms with Crippen LogP contribution >= 0.6 is 0 Å². The van der Waals surface area contributed by atoms with E-state index in [4.69, 9.17) is 0 Å². The minimum Gasteiger partial charge on any atom is -0.361 e. The Hall–Kier alpha value is -2.55. The molecule has 0 aliphatic carbocycles. The third kappa shape index (κ3) is 2.10. The van der Waals surface area contributed by atoms with Crippen molar-refractivity contribution >= 4 is 17.2 Å². The highest BCUT2D eigenvalue weighted by Gasteiger charge is 2.25. The molecular formula is C16H14N2O. The maximum atomic E-state index is 12.0. The van der Waals surface area contributed by atoms with Crippen LogP contribution in [-0.2, 0) is 0 Å². The third-order valence-corrected chi connectivity index (χ3v) is 3.24. The molecule has 2 aromatic rings. The van der Waals surface area contributed by atoms with Crippen LogP contribution in [0.25, 0.3) is 5.57 Å². The zero-order valence-electron chi connectivity index (χ0n) is 10.4. The number of benzene rings is 2. The minimum atomic E-state index is -0.273. The minimum absolute atomic E-state index is 0.0727. The topological polar surface area (TPSA) is 41.1 Å². The molecule has 0 fully saturated rings. The lowest BCUT2D eigenvalue weighted by molar-refractivity contribution is 0.0944. The summed E-state index contributed by atoms with van der Waals surface area (Å²) in [6, 6.07) is 17.3. The number of fused-ring (bicyclic) bond motifs is 1. The van der Waals surface area contributed by atoms with Crippen LogP contribution in [0.1, 0.15) is 15.9 Å². The number of anilines is 1. The number of rotatable bonds is 2. The number of carbonyl (C=O) groups excluding carboxylic acids is 1. The third-order valence-electron chi connectivity index (χ3n) is 3.24. The highest BCUT2D eigenvalue weighted by Crippen LogP contribution is 2.25. The number of hydrogen-bond acceptors (Lipinski definition) is 2. The summed E-state index contributed by atoms with van der Waals surface area (Å²) < 4.78 is 0. The molecule has 3 nitrogen and oxygen atoms in total. The molecule has 0 saturated carbocycles. The first-order chi connectivity index (χ1) is 9.25. The average molecular weight is 250 g/mol. The molecule has 1 atom stereocenters. The molecule has 2 N–H and O–H groups in total. The fourth-order valence-corrected chi connectivity index (χ4v) is 2.20. The van der Waals surface area contributed by atoms with Crippen LogP contribution in [0.3, 0.4) is 0 Å². The van der Waals surface area contributed by atoms with Crippen molar-refractivity contribution in [2.75, 3.05) is 5.32 Å². The first kappa shape index (κ1) is 11.5. The van der Waals surface area contributed by atoms with E-state index in [2.05, 4.69) is 17.2 Å². The van der Waals surface area contributed by atoms with Crippen molar-refractivity contribution in [3.05, 3.63) is 72.3 Å². The summed E-state index contributed by atoms with van der Waals surface area (Å²) in [5, 5.41) is 6.22. The van der Waals surface area contributed by atoms with Gasteiger partial charge in [-0.3, -0.25) is 4.79 Å². The Morgan fingerprint density at radius 1 is 0.947 bits per heavy atom. The zero-order valence-corrected chi connectivity index (χ0v) is 10.4. The molecule has 1 aliphatic rings. The maximum Gasteiger partial charge on any atom is 0.255 e. The molecule has 0 saturated heterocycles. The van der Waals surface area contributed by atoms with Gasteiger partial charge >= 0.3 is 0 Å². The zero-order chi connectivity index (χ0) is 13.2. The molecule has 1 heterocycles. The van der Waals surface area contributed by atoms with Crippen molar-refractivity contribution in [2.24, 2.45) is 0 Å². The second-order valence-electron chi connectivity index (χ2n) is 4.49. The Balaban J connectivity index is 1.90. The van der Waals surface area contributed by atoms with E-state index in [1.54, 1.807) is 6.07 Å². The van der Waals surface area contributed by atoms with E-state index in [1.165, 1.54) is 0 Å². The molecule has 3 heteroatoms. The van der Waals surface area contributed by atoms with E-state index < -0.39 is 0 Å². The second kappa shape index (κ2) is 4.61. The lowest BCUT2D eigenvalue weighted by atomic mass is 10.0. The van der Waals surface area contributed by atoms with Crippen LogP contribution in [0.15, 0.2) is 61.2 Å². The van der Waals surface area contributed by atoms with Crippen LogP contribution in [-0.4, -0.2) is 12.1 Å². The van der Waals surface area contributed by atoms with E-state index >= 15 is 0 Å². The van der Waals surface area contributed by atoms with Gasteiger partial charge in [0, 0.05) is 5.69 Å². The fraction of sp³-hybridized carbons (Fsp3) is 0.0625. The average Bonchev–Trinajstić information content (AvgIpc) is 2.47. The number of amides is 1. The molecule has 1 amide bonds. The van der Waals surface area contributed by atoms with Crippen LogP contribution in [0.5, 0.6) is 0 Å². The van der Waals surface area contributed by atoms with Gasteiger partial charge in [-0.05, 0) is 23.3 Å². The van der Waals surface area contributed by atoms with Gasteiger partial charge in [-0.2, -0.15) is 0 Å². The molecule has 94 valence electrons. The Labute approximate surface area is 112 Å². The van der Waals surface area contributed by atoms with Crippen molar-refractivity contribution in [3.63, 3.8) is 0 Å². The summed E-state index contributed by atoms with van der Waals surface area (Å²) >= 11 is 0. The summed E-state index contributed by atoms with van der Waals surface area (Å²) in [6.45, 7) is 4.08. The van der Waals surface area contributed by atoms with Crippen molar-refractivity contribution in [1.82, 2.24) is 5.32 Å². The molecule has 1 aliphatic heterocycles. The second-order valence-corrected chi connectivity index (χ2v) is 4.49. The summed E-state index contributed by atoms with van der Waals surface area (Å²) in [6.07, 6.45) is -0.273. The van der Waals surface area contributed by atoms with E-state index in [1.807, 2.05) is 48.5 Å². The molecule has 0 bridgehead atoms. The lowest BCUT2D eigenvalue weighted by Gasteiger charge is -2.29. The molecule has 3 rings (SSSR count). The highest BCUT2D eigenvalue weighted by atomic mass is 16.2. The Bertz CT molecular complexity index is 634. The Morgan fingerprint density at radius 3 is 2.42 bits per heavy atom. The first-order valence-corrected chi connectivity index (χ1v) is 6.16. The van der Waals surface area contributed by atoms with Crippen LogP contribution in [0, 0.1) is 0 Å². The normalized spacial score (nSPS) is 17.1. The van der Waals surface area contributed by atoms with Gasteiger partial charge in [0.15, 0.2) is 0 Å². The van der Waals surface area contributed by atoms with E-state index in [0.717, 1.165) is 16.8 Å². The maximum absolute atomic E-state index is 12.0. The van der Waals surface area contributed by atoms with Gasteiger partial charge in [0.05, 0.1) is 5.56 Å². The van der Waals surface area contributed by atoms with Gasteiger partial charge in [0.25, 0.3) is 5.91 Å². The number of carbonyl (C=O) groups is 1. The molecule has 1 unspecified atom stereocenters. The largest absolute Gasteiger partial charge is 0.361 e. The quantitative estimate of drug-likeness (QED) is 0.860. The van der Waals surface area contributed by atoms with E-state index in [0.29, 0.717) is 5.56 Å². The Kier molecular flexibility index (Phi) is 2.80.